The number of hydrogen-bond donors (Lipinski definition) is 2. The molecule has 0 aliphatic heterocycles. The van der Waals surface area contributed by atoms with Gasteiger partial charge < -0.3 is 10.6 Å². The van der Waals surface area contributed by atoms with Gasteiger partial charge in [-0.2, -0.15) is 0 Å². The monoisotopic (exact) mass is 310 g/mol. The molecule has 1 aromatic carbocycles. The van der Waals surface area contributed by atoms with Crippen molar-refractivity contribution in [3.05, 3.63) is 53.4 Å². The Hall–Kier alpha value is -1.70. The number of rotatable bonds is 5. The van der Waals surface area contributed by atoms with Crippen LogP contribution < -0.4 is 10.6 Å². The van der Waals surface area contributed by atoms with Crippen molar-refractivity contribution >= 4 is 5.57 Å². The first-order valence-corrected chi connectivity index (χ1v) is 9.15. The second-order valence-electron chi connectivity index (χ2n) is 7.16. The lowest BCUT2D eigenvalue weighted by Crippen LogP contribution is -2.38. The lowest BCUT2D eigenvalue weighted by molar-refractivity contribution is 0.475. The Morgan fingerprint density at radius 2 is 1.83 bits per heavy atom. The van der Waals surface area contributed by atoms with Crippen LogP contribution in [0.1, 0.15) is 63.5 Å². The molecule has 2 nitrogen and oxygen atoms in total. The van der Waals surface area contributed by atoms with Crippen molar-refractivity contribution in [2.75, 3.05) is 0 Å². The van der Waals surface area contributed by atoms with Gasteiger partial charge in [0.05, 0.1) is 5.82 Å². The molecule has 0 spiro atoms. The zero-order chi connectivity index (χ0) is 16.2. The minimum absolute atomic E-state index is 0.327. The van der Waals surface area contributed by atoms with Crippen LogP contribution in [0.5, 0.6) is 0 Å². The fourth-order valence-corrected chi connectivity index (χ4v) is 4.09. The van der Waals surface area contributed by atoms with E-state index in [0.717, 1.165) is 12.2 Å². The van der Waals surface area contributed by atoms with Crippen molar-refractivity contribution < 1.29 is 0 Å². The maximum Gasteiger partial charge on any atom is 0.0919 e. The summed E-state index contributed by atoms with van der Waals surface area (Å²) in [6.45, 7) is 8.73. The Bertz CT molecular complexity index is 592. The fraction of sp³-hybridized carbons (Fsp3) is 0.524. The molecule has 2 heteroatoms. The van der Waals surface area contributed by atoms with Gasteiger partial charge in [0.2, 0.25) is 0 Å². The maximum atomic E-state index is 4.22. The van der Waals surface area contributed by atoms with Crippen LogP contribution in [0.2, 0.25) is 0 Å². The summed E-state index contributed by atoms with van der Waals surface area (Å²) in [5, 5.41) is 7.21. The van der Waals surface area contributed by atoms with Crippen molar-refractivity contribution in [1.82, 2.24) is 10.6 Å². The third-order valence-corrected chi connectivity index (χ3v) is 5.43. The van der Waals surface area contributed by atoms with Gasteiger partial charge >= 0.3 is 0 Å². The highest BCUT2D eigenvalue weighted by Gasteiger charge is 2.22. The Balaban J connectivity index is 1.58. The fourth-order valence-electron chi connectivity index (χ4n) is 4.09. The minimum atomic E-state index is 0.327. The Labute approximate surface area is 141 Å². The molecule has 1 fully saturated rings. The number of benzene rings is 1. The normalized spacial score (nSPS) is 19.9. The molecule has 0 heterocycles. The molecule has 1 aromatic rings. The summed E-state index contributed by atoms with van der Waals surface area (Å²) in [5.41, 5.74) is 5.80. The van der Waals surface area contributed by atoms with Gasteiger partial charge in [0.25, 0.3) is 0 Å². The van der Waals surface area contributed by atoms with E-state index in [1.165, 1.54) is 60.8 Å². The zero-order valence-corrected chi connectivity index (χ0v) is 14.6. The predicted molar refractivity (Wildman–Crippen MR) is 99.1 cm³/mol. The lowest BCUT2D eigenvalue weighted by atomic mass is 10.0. The van der Waals surface area contributed by atoms with Crippen LogP contribution in [0.15, 0.2) is 42.2 Å². The van der Waals surface area contributed by atoms with Crippen LogP contribution in [0.4, 0.5) is 0 Å². The Kier molecular flexibility index (Phi) is 5.09. The number of nitrogens with one attached hydrogen (secondary N) is 2. The molecule has 2 aliphatic carbocycles. The average Bonchev–Trinajstić information content (AvgIpc) is 2.71. The predicted octanol–water partition coefficient (Wildman–Crippen LogP) is 4.78. The SMILES string of the molecule is C=C(NC1CCCCCC1)NC(C)C1=C(C)c2ccccc2C1. The van der Waals surface area contributed by atoms with E-state index in [1.54, 1.807) is 0 Å². The van der Waals surface area contributed by atoms with Gasteiger partial charge in [-0.3, -0.25) is 0 Å². The van der Waals surface area contributed by atoms with E-state index in [9.17, 15) is 0 Å². The quantitative estimate of drug-likeness (QED) is 0.765. The van der Waals surface area contributed by atoms with Gasteiger partial charge in [0.15, 0.2) is 0 Å². The molecule has 0 amide bonds. The molecule has 1 atom stereocenters. The first-order valence-electron chi connectivity index (χ1n) is 9.15. The van der Waals surface area contributed by atoms with E-state index >= 15 is 0 Å². The largest absolute Gasteiger partial charge is 0.370 e. The minimum Gasteiger partial charge on any atom is -0.370 e. The second-order valence-corrected chi connectivity index (χ2v) is 7.16. The molecule has 0 radical (unpaired) electrons. The maximum absolute atomic E-state index is 4.22. The van der Waals surface area contributed by atoms with Crippen LogP contribution >= 0.6 is 0 Å². The van der Waals surface area contributed by atoms with E-state index in [0.29, 0.717) is 12.1 Å². The molecular formula is C21H30N2. The first kappa shape index (κ1) is 16.2. The van der Waals surface area contributed by atoms with Gasteiger partial charge in [-0.25, -0.2) is 0 Å². The van der Waals surface area contributed by atoms with Crippen molar-refractivity contribution in [3.8, 4) is 0 Å². The lowest BCUT2D eigenvalue weighted by Gasteiger charge is -2.24. The summed E-state index contributed by atoms with van der Waals surface area (Å²) < 4.78 is 0. The smallest absolute Gasteiger partial charge is 0.0919 e. The van der Waals surface area contributed by atoms with Gasteiger partial charge in [-0.05, 0) is 55.4 Å². The summed E-state index contributed by atoms with van der Waals surface area (Å²) in [7, 11) is 0. The highest BCUT2D eigenvalue weighted by Crippen LogP contribution is 2.33. The molecule has 0 aromatic heterocycles. The van der Waals surface area contributed by atoms with Gasteiger partial charge in [-0.15, -0.1) is 0 Å². The van der Waals surface area contributed by atoms with Gasteiger partial charge in [0, 0.05) is 12.1 Å². The molecular weight excluding hydrogens is 280 g/mol. The van der Waals surface area contributed by atoms with E-state index < -0.39 is 0 Å². The summed E-state index contributed by atoms with van der Waals surface area (Å²) >= 11 is 0. The van der Waals surface area contributed by atoms with Gasteiger partial charge in [0.1, 0.15) is 0 Å². The molecule has 1 unspecified atom stereocenters. The average molecular weight is 310 g/mol. The first-order chi connectivity index (χ1) is 11.1. The Morgan fingerprint density at radius 3 is 2.52 bits per heavy atom. The zero-order valence-electron chi connectivity index (χ0n) is 14.6. The molecule has 1 saturated carbocycles. The van der Waals surface area contributed by atoms with E-state index in [1.807, 2.05) is 0 Å². The van der Waals surface area contributed by atoms with Crippen molar-refractivity contribution in [2.24, 2.45) is 0 Å². The van der Waals surface area contributed by atoms with Crippen molar-refractivity contribution in [3.63, 3.8) is 0 Å². The molecule has 0 saturated heterocycles. The highest BCUT2D eigenvalue weighted by molar-refractivity contribution is 5.75. The van der Waals surface area contributed by atoms with Crippen LogP contribution in [-0.4, -0.2) is 12.1 Å². The van der Waals surface area contributed by atoms with Crippen LogP contribution in [-0.2, 0) is 6.42 Å². The topological polar surface area (TPSA) is 24.1 Å². The van der Waals surface area contributed by atoms with E-state index in [4.69, 9.17) is 0 Å². The summed E-state index contributed by atoms with van der Waals surface area (Å²) in [5.74, 6) is 0.987. The number of allylic oxidation sites excluding steroid dienone is 1. The van der Waals surface area contributed by atoms with Crippen LogP contribution in [0.3, 0.4) is 0 Å². The van der Waals surface area contributed by atoms with E-state index in [2.05, 4.69) is 55.3 Å². The van der Waals surface area contributed by atoms with E-state index in [-0.39, 0.29) is 0 Å². The summed E-state index contributed by atoms with van der Waals surface area (Å²) in [4.78, 5) is 0. The molecule has 3 rings (SSSR count). The molecule has 2 aliphatic rings. The molecule has 0 bridgehead atoms. The van der Waals surface area contributed by atoms with Crippen LogP contribution in [0.25, 0.3) is 5.57 Å². The van der Waals surface area contributed by atoms with Crippen molar-refractivity contribution in [1.29, 1.82) is 0 Å². The summed E-state index contributed by atoms with van der Waals surface area (Å²) in [6.07, 6.45) is 9.09. The molecule has 124 valence electrons. The third kappa shape index (κ3) is 3.80. The molecule has 2 N–H and O–H groups in total. The standard InChI is InChI=1S/C21H30N2/c1-15-20-13-9-8-10-18(20)14-21(15)16(2)22-17(3)23-19-11-6-4-5-7-12-19/h8-10,13,16,19,22-23H,3-7,11-12,14H2,1-2H3. The van der Waals surface area contributed by atoms with Gasteiger partial charge in [-0.1, -0.05) is 56.5 Å². The Morgan fingerprint density at radius 1 is 1.13 bits per heavy atom. The van der Waals surface area contributed by atoms with Crippen LogP contribution in [0, 0.1) is 0 Å². The number of hydrogen-bond acceptors (Lipinski definition) is 2. The highest BCUT2D eigenvalue weighted by atomic mass is 15.1. The third-order valence-electron chi connectivity index (χ3n) is 5.43. The molecule has 23 heavy (non-hydrogen) atoms. The summed E-state index contributed by atoms with van der Waals surface area (Å²) in [6, 6.07) is 9.68. The van der Waals surface area contributed by atoms with Crippen molar-refractivity contribution in [2.45, 2.75) is 70.9 Å². The second kappa shape index (κ2) is 7.25. The number of fused-ring (bicyclic) bond motifs is 1.